The third-order valence-corrected chi connectivity index (χ3v) is 3.28. The molecule has 0 bridgehead atoms. The van der Waals surface area contributed by atoms with Crippen molar-refractivity contribution in [2.45, 2.75) is 13.8 Å². The second-order valence-corrected chi connectivity index (χ2v) is 4.47. The van der Waals surface area contributed by atoms with Crippen molar-refractivity contribution < 1.29 is 9.47 Å². The summed E-state index contributed by atoms with van der Waals surface area (Å²) < 4.78 is 10.6. The summed E-state index contributed by atoms with van der Waals surface area (Å²) in [7, 11) is 1.63. The van der Waals surface area contributed by atoms with Gasteiger partial charge in [-0.05, 0) is 37.6 Å². The first-order chi connectivity index (χ1) is 8.24. The van der Waals surface area contributed by atoms with Gasteiger partial charge in [-0.3, -0.25) is 0 Å². The topological polar surface area (TPSA) is 31.4 Å². The van der Waals surface area contributed by atoms with E-state index < -0.39 is 0 Å². The Kier molecular flexibility index (Phi) is 3.64. The summed E-state index contributed by atoms with van der Waals surface area (Å²) in [6, 6.07) is 6.10. The van der Waals surface area contributed by atoms with Crippen LogP contribution in [-0.4, -0.2) is 18.7 Å². The Labute approximate surface area is 105 Å². The molecule has 0 unspecified atom stereocenters. The van der Waals surface area contributed by atoms with Crippen LogP contribution < -0.4 is 9.47 Å². The Morgan fingerprint density at radius 3 is 2.76 bits per heavy atom. The molecular weight excluding hydrogens is 234 g/mol. The van der Waals surface area contributed by atoms with Gasteiger partial charge in [0.1, 0.15) is 10.8 Å². The van der Waals surface area contributed by atoms with Crippen LogP contribution in [0, 0.1) is 6.92 Å². The molecular formula is C13H15NO2S. The van der Waals surface area contributed by atoms with Gasteiger partial charge >= 0.3 is 0 Å². The molecule has 0 aliphatic carbocycles. The molecule has 0 spiro atoms. The Morgan fingerprint density at radius 1 is 1.35 bits per heavy atom. The fourth-order valence-electron chi connectivity index (χ4n) is 1.59. The molecule has 1 heterocycles. The summed E-state index contributed by atoms with van der Waals surface area (Å²) in [5.41, 5.74) is 2.22. The predicted octanol–water partition coefficient (Wildman–Crippen LogP) is 3.53. The predicted molar refractivity (Wildman–Crippen MR) is 70.0 cm³/mol. The summed E-state index contributed by atoms with van der Waals surface area (Å²) >= 11 is 1.58. The largest absolute Gasteiger partial charge is 0.494 e. The lowest BCUT2D eigenvalue weighted by Crippen LogP contribution is -1.93. The molecule has 1 aromatic heterocycles. The van der Waals surface area contributed by atoms with Gasteiger partial charge in [0.05, 0.1) is 19.1 Å². The summed E-state index contributed by atoms with van der Waals surface area (Å²) in [6.45, 7) is 4.71. The molecule has 0 amide bonds. The van der Waals surface area contributed by atoms with Crippen LogP contribution in [-0.2, 0) is 0 Å². The first kappa shape index (κ1) is 11.9. The standard InChI is InChI=1S/C13H15NO2S/c1-4-16-11-6-5-10(7-9(11)2)13-14-12(15-3)8-17-13/h5-8H,4H2,1-3H3. The molecule has 0 saturated carbocycles. The minimum absolute atomic E-state index is 0.663. The van der Waals surface area contributed by atoms with E-state index in [1.807, 2.05) is 31.4 Å². The zero-order chi connectivity index (χ0) is 12.3. The third kappa shape index (κ3) is 2.58. The van der Waals surface area contributed by atoms with Crippen molar-refractivity contribution in [3.63, 3.8) is 0 Å². The van der Waals surface area contributed by atoms with Crippen LogP contribution in [0.2, 0.25) is 0 Å². The van der Waals surface area contributed by atoms with E-state index in [-0.39, 0.29) is 0 Å². The van der Waals surface area contributed by atoms with Crippen LogP contribution in [0.25, 0.3) is 10.6 Å². The molecule has 2 aromatic rings. The zero-order valence-electron chi connectivity index (χ0n) is 10.2. The van der Waals surface area contributed by atoms with Crippen LogP contribution in [0.15, 0.2) is 23.6 Å². The lowest BCUT2D eigenvalue weighted by Gasteiger charge is -2.07. The molecule has 0 radical (unpaired) electrons. The maximum Gasteiger partial charge on any atom is 0.224 e. The van der Waals surface area contributed by atoms with Crippen molar-refractivity contribution in [1.82, 2.24) is 4.98 Å². The molecule has 17 heavy (non-hydrogen) atoms. The number of thiazole rings is 1. The normalized spacial score (nSPS) is 10.3. The minimum atomic E-state index is 0.663. The van der Waals surface area contributed by atoms with Crippen molar-refractivity contribution in [2.24, 2.45) is 0 Å². The average molecular weight is 249 g/mol. The summed E-state index contributed by atoms with van der Waals surface area (Å²) in [5.74, 6) is 1.59. The third-order valence-electron chi connectivity index (χ3n) is 2.41. The fraction of sp³-hybridized carbons (Fsp3) is 0.308. The zero-order valence-corrected chi connectivity index (χ0v) is 11.0. The van der Waals surface area contributed by atoms with E-state index in [1.165, 1.54) is 0 Å². The number of aryl methyl sites for hydroxylation is 1. The molecule has 0 aliphatic heterocycles. The minimum Gasteiger partial charge on any atom is -0.494 e. The number of rotatable bonds is 4. The first-order valence-electron chi connectivity index (χ1n) is 5.48. The molecule has 0 atom stereocenters. The van der Waals surface area contributed by atoms with Crippen molar-refractivity contribution in [2.75, 3.05) is 13.7 Å². The Hall–Kier alpha value is -1.55. The lowest BCUT2D eigenvalue weighted by atomic mass is 10.1. The molecule has 0 saturated heterocycles. The molecule has 1 aromatic carbocycles. The number of ether oxygens (including phenoxy) is 2. The molecule has 0 fully saturated rings. The van der Waals surface area contributed by atoms with Crippen molar-refractivity contribution in [3.8, 4) is 22.2 Å². The quantitative estimate of drug-likeness (QED) is 0.830. The monoisotopic (exact) mass is 249 g/mol. The number of hydrogen-bond acceptors (Lipinski definition) is 4. The Balaban J connectivity index is 2.30. The van der Waals surface area contributed by atoms with Gasteiger partial charge < -0.3 is 9.47 Å². The average Bonchev–Trinajstić information content (AvgIpc) is 2.80. The Morgan fingerprint density at radius 2 is 2.18 bits per heavy atom. The van der Waals surface area contributed by atoms with Crippen LogP contribution in [0.5, 0.6) is 11.6 Å². The maximum atomic E-state index is 5.51. The van der Waals surface area contributed by atoms with E-state index in [0.717, 1.165) is 21.9 Å². The van der Waals surface area contributed by atoms with Gasteiger partial charge in [-0.1, -0.05) is 0 Å². The second-order valence-electron chi connectivity index (χ2n) is 3.61. The van der Waals surface area contributed by atoms with Gasteiger partial charge in [-0.2, -0.15) is 0 Å². The number of nitrogens with zero attached hydrogens (tertiary/aromatic N) is 1. The summed E-state index contributed by atoms with van der Waals surface area (Å²) in [5, 5.41) is 2.87. The lowest BCUT2D eigenvalue weighted by molar-refractivity contribution is 0.338. The van der Waals surface area contributed by atoms with Gasteiger partial charge in [-0.25, -0.2) is 4.98 Å². The van der Waals surface area contributed by atoms with Gasteiger partial charge in [0.2, 0.25) is 5.88 Å². The van der Waals surface area contributed by atoms with Gasteiger partial charge in [0, 0.05) is 5.56 Å². The molecule has 90 valence electrons. The molecule has 0 aliphatic rings. The SMILES string of the molecule is CCOc1ccc(-c2nc(OC)cs2)cc1C. The highest BCUT2D eigenvalue weighted by molar-refractivity contribution is 7.13. The summed E-state index contributed by atoms with van der Waals surface area (Å²) in [6.07, 6.45) is 0. The van der Waals surface area contributed by atoms with E-state index in [4.69, 9.17) is 9.47 Å². The van der Waals surface area contributed by atoms with E-state index in [0.29, 0.717) is 12.5 Å². The molecule has 2 rings (SSSR count). The van der Waals surface area contributed by atoms with Crippen LogP contribution in [0.1, 0.15) is 12.5 Å². The van der Waals surface area contributed by atoms with Crippen molar-refractivity contribution in [3.05, 3.63) is 29.1 Å². The molecule has 4 heteroatoms. The highest BCUT2D eigenvalue weighted by Crippen LogP contribution is 2.30. The van der Waals surface area contributed by atoms with Gasteiger partial charge in [0.15, 0.2) is 0 Å². The van der Waals surface area contributed by atoms with Crippen LogP contribution in [0.3, 0.4) is 0 Å². The van der Waals surface area contributed by atoms with Crippen molar-refractivity contribution in [1.29, 1.82) is 0 Å². The van der Waals surface area contributed by atoms with Crippen molar-refractivity contribution >= 4 is 11.3 Å². The Bertz CT molecular complexity index is 508. The van der Waals surface area contributed by atoms with E-state index in [1.54, 1.807) is 18.4 Å². The van der Waals surface area contributed by atoms with E-state index in [9.17, 15) is 0 Å². The van der Waals surface area contributed by atoms with E-state index >= 15 is 0 Å². The van der Waals surface area contributed by atoms with Gasteiger partial charge in [0.25, 0.3) is 0 Å². The number of aromatic nitrogens is 1. The number of methoxy groups -OCH3 is 1. The molecule has 0 N–H and O–H groups in total. The molecule has 3 nitrogen and oxygen atoms in total. The maximum absolute atomic E-state index is 5.51. The second kappa shape index (κ2) is 5.19. The van der Waals surface area contributed by atoms with E-state index in [2.05, 4.69) is 11.1 Å². The highest BCUT2D eigenvalue weighted by atomic mass is 32.1. The van der Waals surface area contributed by atoms with Crippen LogP contribution in [0.4, 0.5) is 0 Å². The van der Waals surface area contributed by atoms with Gasteiger partial charge in [-0.15, -0.1) is 11.3 Å². The number of benzene rings is 1. The smallest absolute Gasteiger partial charge is 0.224 e. The first-order valence-corrected chi connectivity index (χ1v) is 6.36. The summed E-state index contributed by atoms with van der Waals surface area (Å²) in [4.78, 5) is 4.37. The number of hydrogen-bond donors (Lipinski definition) is 0. The highest BCUT2D eigenvalue weighted by Gasteiger charge is 2.07. The van der Waals surface area contributed by atoms with Crippen LogP contribution >= 0.6 is 11.3 Å². The fourth-order valence-corrected chi connectivity index (χ4v) is 2.35.